The van der Waals surface area contributed by atoms with E-state index in [-0.39, 0.29) is 31.2 Å². The molecule has 0 aliphatic rings. The van der Waals surface area contributed by atoms with Crippen LogP contribution in [-0.4, -0.2) is 14.5 Å². The van der Waals surface area contributed by atoms with E-state index in [0.717, 1.165) is 72.7 Å². The molecule has 0 fully saturated rings. The number of hydrogen-bond acceptors (Lipinski definition) is 4. The first kappa shape index (κ1) is 29.7. The summed E-state index contributed by atoms with van der Waals surface area (Å²) >= 11 is 0. The summed E-state index contributed by atoms with van der Waals surface area (Å²) in [4.78, 5) is 9.27. The van der Waals surface area contributed by atoms with Crippen LogP contribution in [0.15, 0.2) is 185 Å². The van der Waals surface area contributed by atoms with E-state index in [9.17, 15) is 0 Å². The molecule has 0 amide bonds. The van der Waals surface area contributed by atoms with E-state index in [0.29, 0.717) is 11.3 Å². The predicted octanol–water partition coefficient (Wildman–Crippen LogP) is 13.0. The SMILES string of the molecule is [2H]C([2H])([2H])c1c[c-]c(-c2ccc(C([2H])([2H])[2H])cn2)cc1.[Ir].[c-]1oc2ccc(-c3ccco3)cc2c1-c1nc2ccccc2n1-c1c(-c2ccccc2)cccc1-c1ccccc1. The van der Waals surface area contributed by atoms with Gasteiger partial charge in [0.15, 0.2) is 0 Å². The van der Waals surface area contributed by atoms with Gasteiger partial charge in [0.1, 0.15) is 5.76 Å². The molecular formula is C50H35IrN3O2-2. The molecule has 0 aliphatic carbocycles. The molecule has 0 saturated heterocycles. The average molecular weight is 908 g/mol. The Hall–Kier alpha value is -6.59. The molecular weight excluding hydrogens is 867 g/mol. The Morgan fingerprint density at radius 2 is 1.39 bits per heavy atom. The Morgan fingerprint density at radius 3 is 2.05 bits per heavy atom. The molecule has 5 nitrogen and oxygen atoms in total. The van der Waals surface area contributed by atoms with Gasteiger partial charge in [0.05, 0.1) is 28.8 Å². The van der Waals surface area contributed by atoms with E-state index in [1.54, 1.807) is 18.4 Å². The normalized spacial score (nSPS) is 12.9. The number of aromatic nitrogens is 3. The third-order valence-electron chi connectivity index (χ3n) is 9.38. The van der Waals surface area contributed by atoms with Gasteiger partial charge in [-0.05, 0) is 53.5 Å². The van der Waals surface area contributed by atoms with Gasteiger partial charge in [-0.25, -0.2) is 0 Å². The van der Waals surface area contributed by atoms with Crippen molar-refractivity contribution in [3.8, 4) is 61.9 Å². The number of para-hydroxylation sites is 3. The molecule has 0 bridgehead atoms. The molecule has 4 heterocycles. The van der Waals surface area contributed by atoms with E-state index >= 15 is 0 Å². The summed E-state index contributed by atoms with van der Waals surface area (Å²) in [5.74, 6) is 1.57. The van der Waals surface area contributed by atoms with Crippen LogP contribution >= 0.6 is 0 Å². The summed E-state index contributed by atoms with van der Waals surface area (Å²) in [5, 5.41) is 0.925. The summed E-state index contributed by atoms with van der Waals surface area (Å²) in [7, 11) is 0. The summed E-state index contributed by atoms with van der Waals surface area (Å²) in [6.07, 6.45) is 6.19. The van der Waals surface area contributed by atoms with Gasteiger partial charge in [0.2, 0.25) is 0 Å². The van der Waals surface area contributed by atoms with Crippen LogP contribution in [0.5, 0.6) is 0 Å². The van der Waals surface area contributed by atoms with Crippen LogP contribution in [0.25, 0.3) is 83.9 Å². The van der Waals surface area contributed by atoms with Crippen LogP contribution < -0.4 is 0 Å². The molecule has 0 N–H and O–H groups in total. The zero-order valence-corrected chi connectivity index (χ0v) is 32.1. The second kappa shape index (κ2) is 16.0. The van der Waals surface area contributed by atoms with Crippen molar-refractivity contribution in [3.63, 3.8) is 0 Å². The first-order valence-corrected chi connectivity index (χ1v) is 17.7. The number of rotatable bonds is 6. The van der Waals surface area contributed by atoms with E-state index in [1.165, 1.54) is 24.4 Å². The third-order valence-corrected chi connectivity index (χ3v) is 9.38. The number of aryl methyl sites for hydroxylation is 2. The summed E-state index contributed by atoms with van der Waals surface area (Å²) in [6, 6.07) is 56.1. The molecule has 6 heteroatoms. The van der Waals surface area contributed by atoms with Crippen molar-refractivity contribution in [1.82, 2.24) is 14.5 Å². The van der Waals surface area contributed by atoms with Crippen LogP contribution in [0.2, 0.25) is 0 Å². The number of pyridine rings is 1. The van der Waals surface area contributed by atoms with Gasteiger partial charge < -0.3 is 18.4 Å². The quantitative estimate of drug-likeness (QED) is 0.156. The number of benzene rings is 6. The largest absolute Gasteiger partial charge is 0.557 e. The van der Waals surface area contributed by atoms with E-state index in [4.69, 9.17) is 22.0 Å². The monoisotopic (exact) mass is 908 g/mol. The first-order chi connectivity index (χ1) is 29.5. The Labute approximate surface area is 347 Å². The van der Waals surface area contributed by atoms with Crippen molar-refractivity contribution in [2.75, 3.05) is 0 Å². The molecule has 6 aromatic carbocycles. The van der Waals surface area contributed by atoms with Crippen LogP contribution in [0.1, 0.15) is 19.4 Å². The van der Waals surface area contributed by atoms with Gasteiger partial charge in [0, 0.05) is 63.1 Å². The molecule has 273 valence electrons. The van der Waals surface area contributed by atoms with Gasteiger partial charge in [0.25, 0.3) is 0 Å². The topological polar surface area (TPSA) is 57.0 Å². The minimum atomic E-state index is -2.18. The minimum Gasteiger partial charge on any atom is -0.557 e. The number of nitrogens with zero attached hydrogens (tertiary/aromatic N) is 3. The van der Waals surface area contributed by atoms with Gasteiger partial charge in [-0.1, -0.05) is 139 Å². The van der Waals surface area contributed by atoms with Crippen molar-refractivity contribution < 1.29 is 37.2 Å². The van der Waals surface area contributed by atoms with Crippen molar-refractivity contribution >= 4 is 22.0 Å². The summed E-state index contributed by atoms with van der Waals surface area (Å²) in [5.41, 5.74) is 11.5. The number of furan rings is 2. The predicted molar refractivity (Wildman–Crippen MR) is 222 cm³/mol. The number of hydrogen-bond donors (Lipinski definition) is 0. The van der Waals surface area contributed by atoms with Crippen LogP contribution in [0.3, 0.4) is 0 Å². The zero-order chi connectivity index (χ0) is 42.1. The molecule has 0 unspecified atom stereocenters. The Bertz CT molecular complexity index is 2970. The van der Waals surface area contributed by atoms with E-state index < -0.39 is 13.7 Å². The van der Waals surface area contributed by atoms with E-state index in [2.05, 4.69) is 113 Å². The maximum absolute atomic E-state index is 7.28. The average Bonchev–Trinajstić information content (AvgIpc) is 4.06. The molecule has 10 rings (SSSR count). The number of imidazole rings is 1. The molecule has 4 aromatic heterocycles. The number of fused-ring (bicyclic) bond motifs is 2. The fourth-order valence-corrected chi connectivity index (χ4v) is 6.78. The zero-order valence-electron chi connectivity index (χ0n) is 35.7. The van der Waals surface area contributed by atoms with E-state index in [1.807, 2.05) is 42.5 Å². The van der Waals surface area contributed by atoms with Crippen LogP contribution in [0.4, 0.5) is 0 Å². The Kier molecular flexibility index (Phi) is 8.51. The molecule has 0 saturated carbocycles. The fourth-order valence-electron chi connectivity index (χ4n) is 6.78. The molecule has 10 aromatic rings. The molecule has 1 radical (unpaired) electrons. The second-order valence-electron chi connectivity index (χ2n) is 12.9. The summed E-state index contributed by atoms with van der Waals surface area (Å²) < 4.78 is 57.6. The third kappa shape index (κ3) is 7.16. The van der Waals surface area contributed by atoms with Crippen molar-refractivity contribution in [2.45, 2.75) is 13.7 Å². The van der Waals surface area contributed by atoms with Crippen molar-refractivity contribution in [1.29, 1.82) is 0 Å². The first-order valence-electron chi connectivity index (χ1n) is 20.7. The maximum atomic E-state index is 7.28. The fraction of sp³-hybridized carbons (Fsp3) is 0.0400. The van der Waals surface area contributed by atoms with Crippen LogP contribution in [-0.2, 0) is 20.1 Å². The van der Waals surface area contributed by atoms with Crippen LogP contribution in [0, 0.1) is 26.0 Å². The molecule has 0 aliphatic heterocycles. The molecule has 56 heavy (non-hydrogen) atoms. The van der Waals surface area contributed by atoms with Gasteiger partial charge in [-0.15, -0.1) is 35.4 Å². The molecule has 0 spiro atoms. The minimum absolute atomic E-state index is 0. The summed E-state index contributed by atoms with van der Waals surface area (Å²) in [6.45, 7) is -4.34. The van der Waals surface area contributed by atoms with Gasteiger partial charge in [-0.2, -0.15) is 0 Å². The standard InChI is InChI=1S/C37H23N2O2.C13H12N.Ir/c1-3-11-25(12-4-1)28-15-9-16-29(26-13-5-2-6-14-26)36(28)39-33-18-8-7-17-32(33)38-37(39)31-24-41-35-21-20-27(23-30(31)35)34-19-10-22-40-34;1-10-3-6-12(7-4-10)13-8-5-11(2)9-14-13;/h1-23H;3-6,8-9H,1-2H3;/q2*-1;/i;1D3,2D3;. The molecule has 0 atom stereocenters. The maximum Gasteiger partial charge on any atom is 0.133 e. The second-order valence-corrected chi connectivity index (χ2v) is 12.9. The Balaban J connectivity index is 0.000000214. The van der Waals surface area contributed by atoms with Gasteiger partial charge >= 0.3 is 0 Å². The van der Waals surface area contributed by atoms with Crippen molar-refractivity contribution in [3.05, 3.63) is 200 Å². The smallest absolute Gasteiger partial charge is 0.133 e. The Morgan fingerprint density at radius 1 is 0.661 bits per heavy atom. The van der Waals surface area contributed by atoms with Gasteiger partial charge in [-0.3, -0.25) is 4.98 Å². The van der Waals surface area contributed by atoms with Crippen molar-refractivity contribution in [2.24, 2.45) is 0 Å².